The molecule has 112 valence electrons. The van der Waals surface area contributed by atoms with Crippen molar-refractivity contribution >= 4 is 17.3 Å². The number of hydrogen-bond acceptors (Lipinski definition) is 3. The first-order valence-electron chi connectivity index (χ1n) is 7.57. The zero-order valence-corrected chi connectivity index (χ0v) is 13.2. The third-order valence-electron chi connectivity index (χ3n) is 3.91. The average molecular weight is 297 g/mol. The number of nitrogens with zero attached hydrogens (tertiary/aromatic N) is 1. The lowest BCUT2D eigenvalue weighted by Crippen LogP contribution is -2.38. The minimum atomic E-state index is -0.215. The highest BCUT2D eigenvalue weighted by Crippen LogP contribution is 2.29. The molecule has 2 rings (SSSR count). The van der Waals surface area contributed by atoms with Gasteiger partial charge in [-0.05, 0) is 50.4 Å². The van der Waals surface area contributed by atoms with Crippen LogP contribution in [0.2, 0.25) is 5.02 Å². The minimum absolute atomic E-state index is 0.215. The summed E-state index contributed by atoms with van der Waals surface area (Å²) in [5, 5.41) is 14.0. The maximum absolute atomic E-state index is 9.77. The van der Waals surface area contributed by atoms with Gasteiger partial charge in [-0.15, -0.1) is 0 Å². The highest BCUT2D eigenvalue weighted by molar-refractivity contribution is 6.31. The summed E-state index contributed by atoms with van der Waals surface area (Å²) in [6, 6.07) is 6.51. The van der Waals surface area contributed by atoms with Crippen LogP contribution in [0.15, 0.2) is 18.2 Å². The number of piperidine rings is 1. The van der Waals surface area contributed by atoms with Crippen molar-refractivity contribution in [2.24, 2.45) is 0 Å². The summed E-state index contributed by atoms with van der Waals surface area (Å²) in [5.41, 5.74) is 2.25. The number of β-amino-alcohol motifs (C(OH)–C–C–N with tert-alkyl or cyclic N) is 1. The summed E-state index contributed by atoms with van der Waals surface area (Å²) in [4.78, 5) is 2.22. The third kappa shape index (κ3) is 3.87. The van der Waals surface area contributed by atoms with Crippen molar-refractivity contribution in [2.75, 3.05) is 24.5 Å². The van der Waals surface area contributed by atoms with Crippen LogP contribution in [0, 0.1) is 0 Å². The Morgan fingerprint density at radius 1 is 1.50 bits per heavy atom. The maximum atomic E-state index is 9.77. The van der Waals surface area contributed by atoms with E-state index in [0.717, 1.165) is 48.6 Å². The van der Waals surface area contributed by atoms with Crippen LogP contribution >= 0.6 is 11.6 Å². The largest absolute Gasteiger partial charge is 0.391 e. The highest BCUT2D eigenvalue weighted by Gasteiger charge is 2.19. The zero-order chi connectivity index (χ0) is 14.5. The fraction of sp³-hybridized carbons (Fsp3) is 0.625. The summed E-state index contributed by atoms with van der Waals surface area (Å²) in [5.74, 6) is 0. The number of hydrogen-bond donors (Lipinski definition) is 2. The quantitative estimate of drug-likeness (QED) is 0.874. The molecular weight excluding hydrogens is 272 g/mol. The van der Waals surface area contributed by atoms with Gasteiger partial charge in [-0.3, -0.25) is 0 Å². The number of rotatable bonds is 5. The van der Waals surface area contributed by atoms with E-state index in [1.54, 1.807) is 0 Å². The van der Waals surface area contributed by atoms with Crippen LogP contribution in [0.25, 0.3) is 0 Å². The van der Waals surface area contributed by atoms with E-state index in [-0.39, 0.29) is 12.1 Å². The first-order chi connectivity index (χ1) is 9.61. The van der Waals surface area contributed by atoms with Crippen molar-refractivity contribution in [3.8, 4) is 0 Å². The molecule has 0 spiro atoms. The van der Waals surface area contributed by atoms with E-state index in [1.807, 2.05) is 6.07 Å². The van der Waals surface area contributed by atoms with Crippen LogP contribution in [0.1, 0.15) is 44.7 Å². The molecule has 20 heavy (non-hydrogen) atoms. The lowest BCUT2D eigenvalue weighted by atomic mass is 10.0. The second-order valence-electron chi connectivity index (χ2n) is 5.62. The van der Waals surface area contributed by atoms with E-state index in [1.165, 1.54) is 0 Å². The van der Waals surface area contributed by atoms with E-state index >= 15 is 0 Å². The van der Waals surface area contributed by atoms with Crippen molar-refractivity contribution in [1.82, 2.24) is 5.32 Å². The van der Waals surface area contributed by atoms with Gasteiger partial charge in [-0.25, -0.2) is 0 Å². The number of anilines is 1. The Kier molecular flexibility index (Phi) is 5.70. The van der Waals surface area contributed by atoms with Gasteiger partial charge in [0.1, 0.15) is 0 Å². The first-order valence-corrected chi connectivity index (χ1v) is 7.95. The van der Waals surface area contributed by atoms with Gasteiger partial charge in [-0.1, -0.05) is 24.6 Å². The molecule has 2 atom stereocenters. The normalized spacial score (nSPS) is 21.0. The highest BCUT2D eigenvalue weighted by atomic mass is 35.5. The van der Waals surface area contributed by atoms with E-state index in [2.05, 4.69) is 36.2 Å². The van der Waals surface area contributed by atoms with Gasteiger partial charge in [0, 0.05) is 29.8 Å². The van der Waals surface area contributed by atoms with Gasteiger partial charge in [0.15, 0.2) is 0 Å². The number of nitrogens with one attached hydrogen (secondary N) is 1. The Morgan fingerprint density at radius 2 is 2.30 bits per heavy atom. The Labute approximate surface area is 126 Å². The van der Waals surface area contributed by atoms with Crippen LogP contribution in [-0.4, -0.2) is 30.8 Å². The second kappa shape index (κ2) is 7.30. The van der Waals surface area contributed by atoms with E-state index in [9.17, 15) is 5.11 Å². The van der Waals surface area contributed by atoms with E-state index in [0.29, 0.717) is 6.54 Å². The van der Waals surface area contributed by atoms with Crippen molar-refractivity contribution < 1.29 is 5.11 Å². The third-order valence-corrected chi connectivity index (χ3v) is 4.24. The first kappa shape index (κ1) is 15.6. The minimum Gasteiger partial charge on any atom is -0.391 e. The molecule has 0 saturated carbocycles. The maximum Gasteiger partial charge on any atom is 0.0715 e. The van der Waals surface area contributed by atoms with E-state index < -0.39 is 0 Å². The topological polar surface area (TPSA) is 35.5 Å². The predicted molar refractivity (Wildman–Crippen MR) is 85.6 cm³/mol. The Bertz CT molecular complexity index is 438. The lowest BCUT2D eigenvalue weighted by Gasteiger charge is -2.32. The Hall–Kier alpha value is -0.770. The van der Waals surface area contributed by atoms with Crippen molar-refractivity contribution in [1.29, 1.82) is 0 Å². The molecule has 1 saturated heterocycles. The van der Waals surface area contributed by atoms with Gasteiger partial charge in [0.05, 0.1) is 6.10 Å². The molecule has 0 radical (unpaired) electrons. The number of aliphatic hydroxyl groups excluding tert-OH is 1. The van der Waals surface area contributed by atoms with Crippen LogP contribution in [0.5, 0.6) is 0 Å². The standard InChI is InChI=1S/C16H25ClN2O/c1-3-8-18-12(2)15-7-6-13(10-16(15)17)19-9-4-5-14(20)11-19/h6-7,10,12,14,18,20H,3-5,8-9,11H2,1-2H3. The molecule has 0 bridgehead atoms. The summed E-state index contributed by atoms with van der Waals surface area (Å²) >= 11 is 6.43. The number of halogens is 1. The lowest BCUT2D eigenvalue weighted by molar-refractivity contribution is 0.154. The number of aliphatic hydroxyl groups is 1. The molecule has 1 fully saturated rings. The Morgan fingerprint density at radius 3 is 2.95 bits per heavy atom. The summed E-state index contributed by atoms with van der Waals surface area (Å²) in [7, 11) is 0. The van der Waals surface area contributed by atoms with Crippen LogP contribution in [-0.2, 0) is 0 Å². The van der Waals surface area contributed by atoms with E-state index in [4.69, 9.17) is 11.6 Å². The van der Waals surface area contributed by atoms with Gasteiger partial charge in [-0.2, -0.15) is 0 Å². The van der Waals surface area contributed by atoms with Gasteiger partial charge >= 0.3 is 0 Å². The molecule has 0 aliphatic carbocycles. The SMILES string of the molecule is CCCNC(C)c1ccc(N2CCCC(O)C2)cc1Cl. The smallest absolute Gasteiger partial charge is 0.0715 e. The molecule has 3 nitrogen and oxygen atoms in total. The fourth-order valence-corrected chi connectivity index (χ4v) is 3.06. The van der Waals surface area contributed by atoms with Crippen molar-refractivity contribution in [3.05, 3.63) is 28.8 Å². The second-order valence-corrected chi connectivity index (χ2v) is 6.03. The molecule has 1 aromatic rings. The van der Waals surface area contributed by atoms with Crippen molar-refractivity contribution in [3.63, 3.8) is 0 Å². The van der Waals surface area contributed by atoms with Gasteiger partial charge < -0.3 is 15.3 Å². The molecule has 4 heteroatoms. The summed E-state index contributed by atoms with van der Waals surface area (Å²) in [6.07, 6.45) is 2.84. The monoisotopic (exact) mass is 296 g/mol. The van der Waals surface area contributed by atoms with Crippen molar-refractivity contribution in [2.45, 2.75) is 45.3 Å². The Balaban J connectivity index is 2.08. The summed E-state index contributed by atoms with van der Waals surface area (Å²) in [6.45, 7) is 7.00. The molecule has 0 amide bonds. The summed E-state index contributed by atoms with van der Waals surface area (Å²) < 4.78 is 0. The molecular formula is C16H25ClN2O. The fourth-order valence-electron chi connectivity index (χ4n) is 2.72. The van der Waals surface area contributed by atoms with Gasteiger partial charge in [0.25, 0.3) is 0 Å². The molecule has 1 aliphatic rings. The van der Waals surface area contributed by atoms with Crippen LogP contribution in [0.3, 0.4) is 0 Å². The average Bonchev–Trinajstić information content (AvgIpc) is 2.44. The molecule has 1 aromatic carbocycles. The molecule has 1 aliphatic heterocycles. The molecule has 2 N–H and O–H groups in total. The molecule has 1 heterocycles. The van der Waals surface area contributed by atoms with Crippen LogP contribution in [0.4, 0.5) is 5.69 Å². The van der Waals surface area contributed by atoms with Crippen LogP contribution < -0.4 is 10.2 Å². The molecule has 0 aromatic heterocycles. The van der Waals surface area contributed by atoms with Gasteiger partial charge in [0.2, 0.25) is 0 Å². The molecule has 2 unspecified atom stereocenters. The number of benzene rings is 1. The predicted octanol–water partition coefficient (Wildman–Crippen LogP) is 3.36. The zero-order valence-electron chi connectivity index (χ0n) is 12.4.